The van der Waals surface area contributed by atoms with Crippen molar-refractivity contribution in [2.45, 2.75) is 18.8 Å². The van der Waals surface area contributed by atoms with Crippen LogP contribution in [0.4, 0.5) is 10.1 Å². The Bertz CT molecular complexity index is 1120. The van der Waals surface area contributed by atoms with E-state index in [0.717, 1.165) is 17.8 Å². The molecule has 1 aliphatic heterocycles. The number of likely N-dealkylation sites (tertiary alicyclic amines) is 1. The summed E-state index contributed by atoms with van der Waals surface area (Å²) in [7, 11) is 3.09. The third-order valence-electron chi connectivity index (χ3n) is 5.47. The van der Waals surface area contributed by atoms with Gasteiger partial charge in [-0.1, -0.05) is 11.3 Å². The molecule has 1 aromatic heterocycles. The van der Waals surface area contributed by atoms with Crippen molar-refractivity contribution in [1.29, 1.82) is 0 Å². The SMILES string of the molecule is COc1cc(OC)cc(C(=O)N2CCC(c3nnc(C(=O)Nc4ccc(F)cc4)s3)CC2)c1. The maximum atomic E-state index is 13.0. The predicted octanol–water partition coefficient (Wildman–Crippen LogP) is 3.97. The Morgan fingerprint density at radius 3 is 2.27 bits per heavy atom. The molecule has 10 heteroatoms. The van der Waals surface area contributed by atoms with Gasteiger partial charge in [0.15, 0.2) is 0 Å². The number of methoxy groups -OCH3 is 2. The van der Waals surface area contributed by atoms with E-state index in [0.29, 0.717) is 35.8 Å². The van der Waals surface area contributed by atoms with Crippen LogP contribution in [0.1, 0.15) is 43.9 Å². The van der Waals surface area contributed by atoms with E-state index in [-0.39, 0.29) is 28.6 Å². The second-order valence-corrected chi connectivity index (χ2v) is 8.58. The van der Waals surface area contributed by atoms with Gasteiger partial charge in [0, 0.05) is 36.3 Å². The number of anilines is 1. The summed E-state index contributed by atoms with van der Waals surface area (Å²) in [6, 6.07) is 10.7. The van der Waals surface area contributed by atoms with Crippen LogP contribution in [0.25, 0.3) is 0 Å². The molecule has 1 N–H and O–H groups in total. The van der Waals surface area contributed by atoms with Crippen molar-refractivity contribution in [3.63, 3.8) is 0 Å². The Kier molecular flexibility index (Phi) is 6.83. The molecule has 2 aromatic carbocycles. The first kappa shape index (κ1) is 22.7. The molecule has 4 rings (SSSR count). The number of ether oxygens (including phenoxy) is 2. The minimum Gasteiger partial charge on any atom is -0.497 e. The van der Waals surface area contributed by atoms with Gasteiger partial charge in [-0.3, -0.25) is 9.59 Å². The molecule has 1 aliphatic rings. The van der Waals surface area contributed by atoms with Crippen LogP contribution in [0.5, 0.6) is 11.5 Å². The fourth-order valence-electron chi connectivity index (χ4n) is 3.65. The lowest BCUT2D eigenvalue weighted by molar-refractivity contribution is 0.0712. The molecule has 2 amide bonds. The Morgan fingerprint density at radius 1 is 1.03 bits per heavy atom. The van der Waals surface area contributed by atoms with Crippen molar-refractivity contribution in [1.82, 2.24) is 15.1 Å². The van der Waals surface area contributed by atoms with Gasteiger partial charge in [-0.05, 0) is 49.2 Å². The van der Waals surface area contributed by atoms with Gasteiger partial charge in [-0.25, -0.2) is 4.39 Å². The molecular weight excluding hydrogens is 447 g/mol. The van der Waals surface area contributed by atoms with Crippen molar-refractivity contribution < 1.29 is 23.5 Å². The van der Waals surface area contributed by atoms with E-state index < -0.39 is 0 Å². The number of carbonyl (C=O) groups is 2. The number of nitrogens with zero attached hydrogens (tertiary/aromatic N) is 3. The quantitative estimate of drug-likeness (QED) is 0.586. The summed E-state index contributed by atoms with van der Waals surface area (Å²) in [4.78, 5) is 27.2. The Hall–Kier alpha value is -3.53. The van der Waals surface area contributed by atoms with Gasteiger partial charge >= 0.3 is 0 Å². The van der Waals surface area contributed by atoms with Crippen molar-refractivity contribution in [3.8, 4) is 11.5 Å². The molecule has 0 atom stereocenters. The molecule has 0 unspecified atom stereocenters. The lowest BCUT2D eigenvalue weighted by Gasteiger charge is -2.31. The summed E-state index contributed by atoms with van der Waals surface area (Å²) in [5.74, 6) is 0.410. The molecule has 0 saturated carbocycles. The van der Waals surface area contributed by atoms with Crippen LogP contribution in [-0.2, 0) is 0 Å². The summed E-state index contributed by atoms with van der Waals surface area (Å²) in [6.07, 6.45) is 1.45. The van der Waals surface area contributed by atoms with E-state index in [4.69, 9.17) is 9.47 Å². The van der Waals surface area contributed by atoms with E-state index in [1.165, 1.54) is 35.6 Å². The maximum Gasteiger partial charge on any atom is 0.286 e. The van der Waals surface area contributed by atoms with Gasteiger partial charge in [0.25, 0.3) is 11.8 Å². The summed E-state index contributed by atoms with van der Waals surface area (Å²) in [5.41, 5.74) is 0.999. The van der Waals surface area contributed by atoms with Crippen LogP contribution < -0.4 is 14.8 Å². The average molecular weight is 471 g/mol. The number of amides is 2. The molecule has 8 nitrogen and oxygen atoms in total. The molecule has 1 fully saturated rings. The maximum absolute atomic E-state index is 13.0. The zero-order chi connectivity index (χ0) is 23.4. The zero-order valence-electron chi connectivity index (χ0n) is 18.2. The van der Waals surface area contributed by atoms with Gasteiger partial charge < -0.3 is 19.7 Å². The number of rotatable bonds is 6. The molecular formula is C23H23FN4O4S. The summed E-state index contributed by atoms with van der Waals surface area (Å²) < 4.78 is 23.5. The van der Waals surface area contributed by atoms with Crippen LogP contribution in [0.3, 0.4) is 0 Å². The second-order valence-electron chi connectivity index (χ2n) is 7.57. The molecule has 2 heterocycles. The molecule has 172 valence electrons. The number of benzene rings is 2. The van der Waals surface area contributed by atoms with E-state index in [9.17, 15) is 14.0 Å². The van der Waals surface area contributed by atoms with Gasteiger partial charge in [-0.2, -0.15) is 0 Å². The van der Waals surface area contributed by atoms with Crippen molar-refractivity contribution in [2.24, 2.45) is 0 Å². The van der Waals surface area contributed by atoms with Crippen molar-refractivity contribution in [3.05, 3.63) is 63.9 Å². The van der Waals surface area contributed by atoms with Crippen LogP contribution in [0.2, 0.25) is 0 Å². The third-order valence-corrected chi connectivity index (χ3v) is 6.55. The van der Waals surface area contributed by atoms with E-state index in [1.54, 1.807) is 37.3 Å². The topological polar surface area (TPSA) is 93.7 Å². The van der Waals surface area contributed by atoms with Crippen LogP contribution in [0, 0.1) is 5.82 Å². The minimum atomic E-state index is -0.384. The number of piperidine rings is 1. The minimum absolute atomic E-state index is 0.0812. The highest BCUT2D eigenvalue weighted by molar-refractivity contribution is 7.13. The van der Waals surface area contributed by atoms with Gasteiger partial charge in [-0.15, -0.1) is 10.2 Å². The molecule has 1 saturated heterocycles. The summed E-state index contributed by atoms with van der Waals surface area (Å²) >= 11 is 1.24. The van der Waals surface area contributed by atoms with E-state index in [1.807, 2.05) is 0 Å². The fraction of sp³-hybridized carbons (Fsp3) is 0.304. The lowest BCUT2D eigenvalue weighted by Crippen LogP contribution is -2.37. The number of hydrogen-bond donors (Lipinski definition) is 1. The Labute approximate surface area is 194 Å². The second kappa shape index (κ2) is 9.95. The fourth-order valence-corrected chi connectivity index (χ4v) is 4.56. The molecule has 3 aromatic rings. The number of hydrogen-bond acceptors (Lipinski definition) is 7. The van der Waals surface area contributed by atoms with Crippen molar-refractivity contribution in [2.75, 3.05) is 32.6 Å². The van der Waals surface area contributed by atoms with Crippen LogP contribution >= 0.6 is 11.3 Å². The first-order valence-electron chi connectivity index (χ1n) is 10.4. The zero-order valence-corrected chi connectivity index (χ0v) is 19.0. The number of carbonyl (C=O) groups excluding carboxylic acids is 2. The first-order valence-corrected chi connectivity index (χ1v) is 11.2. The van der Waals surface area contributed by atoms with E-state index in [2.05, 4.69) is 15.5 Å². The van der Waals surface area contributed by atoms with Gasteiger partial charge in [0.1, 0.15) is 22.3 Å². The molecule has 0 radical (unpaired) electrons. The standard InChI is InChI=1S/C23H23FN4O4S/c1-31-18-11-15(12-19(13-18)32-2)23(30)28-9-7-14(8-10-28)21-26-27-22(33-21)20(29)25-17-5-3-16(24)4-6-17/h3-6,11-14H,7-10H2,1-2H3,(H,25,29). The number of halogens is 1. The van der Waals surface area contributed by atoms with Crippen LogP contribution in [-0.4, -0.2) is 54.2 Å². The summed E-state index contributed by atoms with van der Waals surface area (Å²) in [5, 5.41) is 11.9. The smallest absolute Gasteiger partial charge is 0.286 e. The predicted molar refractivity (Wildman–Crippen MR) is 122 cm³/mol. The number of nitrogens with one attached hydrogen (secondary N) is 1. The summed E-state index contributed by atoms with van der Waals surface area (Å²) in [6.45, 7) is 1.14. The number of aromatic nitrogens is 2. The molecule has 0 aliphatic carbocycles. The lowest BCUT2D eigenvalue weighted by atomic mass is 9.97. The van der Waals surface area contributed by atoms with Gasteiger partial charge in [0.2, 0.25) is 5.01 Å². The van der Waals surface area contributed by atoms with Crippen molar-refractivity contribution >= 4 is 28.8 Å². The molecule has 33 heavy (non-hydrogen) atoms. The van der Waals surface area contributed by atoms with E-state index >= 15 is 0 Å². The Balaban J connectivity index is 1.36. The Morgan fingerprint density at radius 2 is 1.67 bits per heavy atom. The molecule has 0 bridgehead atoms. The normalized spacial score (nSPS) is 14.1. The highest BCUT2D eigenvalue weighted by Gasteiger charge is 2.28. The first-order chi connectivity index (χ1) is 16.0. The highest BCUT2D eigenvalue weighted by Crippen LogP contribution is 2.32. The monoisotopic (exact) mass is 470 g/mol. The largest absolute Gasteiger partial charge is 0.497 e. The highest BCUT2D eigenvalue weighted by atomic mass is 32.1. The van der Waals surface area contributed by atoms with Crippen LogP contribution in [0.15, 0.2) is 42.5 Å². The third kappa shape index (κ3) is 5.28. The average Bonchev–Trinajstić information content (AvgIpc) is 3.35. The molecule has 0 spiro atoms. The van der Waals surface area contributed by atoms with Gasteiger partial charge in [0.05, 0.1) is 14.2 Å².